The van der Waals surface area contributed by atoms with Gasteiger partial charge in [0.2, 0.25) is 0 Å². The van der Waals surface area contributed by atoms with Crippen LogP contribution >= 0.6 is 11.3 Å². The Hall–Kier alpha value is -5.07. The van der Waals surface area contributed by atoms with Crippen LogP contribution in [0.2, 0.25) is 0 Å². The number of para-hydroxylation sites is 1. The van der Waals surface area contributed by atoms with Crippen LogP contribution in [-0.4, -0.2) is 43.2 Å². The van der Waals surface area contributed by atoms with Gasteiger partial charge in [-0.25, -0.2) is 18.6 Å². The molecular formula is C36H37N4O6S2+. The summed E-state index contributed by atoms with van der Waals surface area (Å²) >= 11 is 1.61. The number of thiazole rings is 1. The minimum absolute atomic E-state index is 0.0334. The van der Waals surface area contributed by atoms with Gasteiger partial charge >= 0.3 is 11.7 Å². The molecule has 1 aromatic heterocycles. The lowest BCUT2D eigenvalue weighted by Gasteiger charge is -2.25. The van der Waals surface area contributed by atoms with Crippen LogP contribution in [0.4, 0.5) is 16.5 Å². The summed E-state index contributed by atoms with van der Waals surface area (Å²) in [5.41, 5.74) is 4.58. The number of esters is 1. The number of aryl methyl sites for hydroxylation is 1. The lowest BCUT2D eigenvalue weighted by Crippen LogP contribution is -2.31. The highest BCUT2D eigenvalue weighted by atomic mass is 32.2. The number of hydrogen-bond acceptors (Lipinski definition) is 8. The third-order valence-corrected chi connectivity index (χ3v) is 10.5. The molecule has 0 fully saturated rings. The molecule has 0 aliphatic heterocycles. The van der Waals surface area contributed by atoms with Crippen molar-refractivity contribution in [3.63, 3.8) is 0 Å². The second-order valence-corrected chi connectivity index (χ2v) is 13.8. The molecule has 4 aromatic carbocycles. The number of sulfonamides is 1. The molecule has 0 amide bonds. The van der Waals surface area contributed by atoms with Crippen molar-refractivity contribution in [3.8, 4) is 11.3 Å². The molecule has 12 heteroatoms. The van der Waals surface area contributed by atoms with E-state index in [1.54, 1.807) is 35.6 Å². The molecule has 48 heavy (non-hydrogen) atoms. The summed E-state index contributed by atoms with van der Waals surface area (Å²) in [6, 6.07) is 30.2. The first-order valence-electron chi connectivity index (χ1n) is 15.5. The van der Waals surface area contributed by atoms with Crippen molar-refractivity contribution in [2.75, 3.05) is 22.9 Å². The molecule has 1 heterocycles. The van der Waals surface area contributed by atoms with Crippen LogP contribution in [0, 0.1) is 4.91 Å². The first-order chi connectivity index (χ1) is 23.2. The summed E-state index contributed by atoms with van der Waals surface area (Å²) in [7, 11) is -2.99. The van der Waals surface area contributed by atoms with Crippen molar-refractivity contribution in [2.45, 2.75) is 44.2 Å². The molecule has 0 unspecified atom stereocenters. The highest BCUT2D eigenvalue weighted by Crippen LogP contribution is 2.32. The largest absolute Gasteiger partial charge is 0.469 e. The summed E-state index contributed by atoms with van der Waals surface area (Å²) in [6.07, 6.45) is 1.58. The Morgan fingerprint density at radius 3 is 2.15 bits per heavy atom. The van der Waals surface area contributed by atoms with Gasteiger partial charge in [-0.2, -0.15) is 0 Å². The fourth-order valence-electron chi connectivity index (χ4n) is 5.24. The summed E-state index contributed by atoms with van der Waals surface area (Å²) in [4.78, 5) is 29.9. The Balaban J connectivity index is 1.40. The minimum atomic E-state index is -4.32. The molecule has 248 valence electrons. The van der Waals surface area contributed by atoms with Gasteiger partial charge in [0.05, 0.1) is 29.9 Å². The summed E-state index contributed by atoms with van der Waals surface area (Å²) < 4.78 is 34.2. The number of carbonyl (C=O) groups is 1. The lowest BCUT2D eigenvalue weighted by atomic mass is 10.1. The number of nitrogens with zero attached hydrogens (tertiary/aromatic N) is 4. The van der Waals surface area contributed by atoms with Gasteiger partial charge in [-0.3, -0.25) is 9.10 Å². The van der Waals surface area contributed by atoms with Gasteiger partial charge in [-0.15, -0.1) is 11.3 Å². The predicted molar refractivity (Wildman–Crippen MR) is 187 cm³/mol. The van der Waals surface area contributed by atoms with E-state index in [0.29, 0.717) is 18.7 Å². The van der Waals surface area contributed by atoms with Crippen LogP contribution in [-0.2, 0) is 39.1 Å². The molecule has 0 aliphatic rings. The molecular weight excluding hydrogens is 649 g/mol. The van der Waals surface area contributed by atoms with Crippen molar-refractivity contribution in [3.05, 3.63) is 130 Å². The highest BCUT2D eigenvalue weighted by Gasteiger charge is 2.34. The topological polar surface area (TPSA) is 120 Å². The number of ether oxygens (including phenoxy) is 1. The lowest BCUT2D eigenvalue weighted by molar-refractivity contribution is -0.731. The quantitative estimate of drug-likeness (QED) is 0.0888. The average molecular weight is 686 g/mol. The smallest absolute Gasteiger partial charge is 0.336 e. The van der Waals surface area contributed by atoms with E-state index in [9.17, 15) is 23.3 Å². The summed E-state index contributed by atoms with van der Waals surface area (Å²) in [5, 5.41) is 12.7. The molecule has 0 radical (unpaired) electrons. The van der Waals surface area contributed by atoms with Gasteiger partial charge in [-0.1, -0.05) is 85.8 Å². The second-order valence-electron chi connectivity index (χ2n) is 11.1. The van der Waals surface area contributed by atoms with Crippen LogP contribution in [0.5, 0.6) is 0 Å². The third kappa shape index (κ3) is 8.25. The molecule has 0 spiro atoms. The third-order valence-electron chi connectivity index (χ3n) is 7.76. The average Bonchev–Trinajstić information content (AvgIpc) is 3.61. The van der Waals surface area contributed by atoms with Crippen LogP contribution in [0.15, 0.2) is 113 Å². The zero-order valence-electron chi connectivity index (χ0n) is 26.7. The monoisotopic (exact) mass is 685 g/mol. The first kappa shape index (κ1) is 34.3. The number of hydrogen-bond donors (Lipinski definition) is 1. The van der Waals surface area contributed by atoms with E-state index in [-0.39, 0.29) is 29.5 Å². The fraction of sp³-hybridized carbons (Fsp3) is 0.222. The molecule has 5 rings (SSSR count). The van der Waals surface area contributed by atoms with Crippen molar-refractivity contribution in [2.24, 2.45) is 0 Å². The SMILES string of the molecule is CCCN(Cc1ccc(CN(c2ccc(CCC(=O)OC)cc2)S(=O)(=O)c2ccccc2[N+](=O)O)cc1)c1nc(-c2ccccc2)cs1. The summed E-state index contributed by atoms with van der Waals surface area (Å²) in [5.74, 6) is -0.337. The molecule has 0 saturated heterocycles. The normalized spacial score (nSPS) is 11.2. The van der Waals surface area contributed by atoms with Crippen LogP contribution in [0.3, 0.4) is 0 Å². The van der Waals surface area contributed by atoms with E-state index in [1.165, 1.54) is 35.7 Å². The van der Waals surface area contributed by atoms with Crippen molar-refractivity contribution in [1.82, 2.24) is 4.98 Å². The van der Waals surface area contributed by atoms with Gasteiger partial charge in [0.25, 0.3) is 14.9 Å². The van der Waals surface area contributed by atoms with E-state index >= 15 is 0 Å². The number of benzene rings is 4. The highest BCUT2D eigenvalue weighted by molar-refractivity contribution is 7.93. The molecule has 1 N–H and O–H groups in total. The number of anilines is 2. The molecule has 0 atom stereocenters. The Kier molecular flexibility index (Phi) is 11.2. The maximum Gasteiger partial charge on any atom is 0.336 e. The Labute approximate surface area is 284 Å². The molecule has 0 aliphatic carbocycles. The maximum absolute atomic E-state index is 14.1. The maximum atomic E-state index is 14.1. The predicted octanol–water partition coefficient (Wildman–Crippen LogP) is 7.53. The number of rotatable bonds is 15. The number of methoxy groups -OCH3 is 1. The van der Waals surface area contributed by atoms with E-state index in [1.807, 2.05) is 54.6 Å². The van der Waals surface area contributed by atoms with E-state index in [2.05, 4.69) is 17.2 Å². The molecule has 0 saturated carbocycles. The standard InChI is InChI=1S/C36H37N4O6S2/c1-3-23-38(36-37-32(26-47-36)30-9-5-4-6-10-30)24-28-13-15-29(16-14-28)25-39(31-20-17-27(18-21-31)19-22-35(41)46-2)48(44,45)34-12-8-7-11-33(34)40(42)43/h4-18,20-21,26H,3,19,22-25H2,1-2H3,(H,42,43)/q+1. The fourth-order valence-corrected chi connectivity index (χ4v) is 7.72. The van der Waals surface area contributed by atoms with Crippen molar-refractivity contribution >= 4 is 43.8 Å². The van der Waals surface area contributed by atoms with Gasteiger partial charge in [0.1, 0.15) is 0 Å². The zero-order valence-corrected chi connectivity index (χ0v) is 28.4. The van der Waals surface area contributed by atoms with Crippen molar-refractivity contribution in [1.29, 1.82) is 0 Å². The first-order valence-corrected chi connectivity index (χ1v) is 17.8. The molecule has 5 aromatic rings. The van der Waals surface area contributed by atoms with Gasteiger partial charge in [-0.05, 0) is 47.7 Å². The molecule has 0 bridgehead atoms. The van der Waals surface area contributed by atoms with Gasteiger partial charge in [0, 0.05) is 36.5 Å². The van der Waals surface area contributed by atoms with E-state index in [4.69, 9.17) is 9.72 Å². The van der Waals surface area contributed by atoms with Crippen molar-refractivity contribution < 1.29 is 28.1 Å². The Morgan fingerprint density at radius 2 is 1.50 bits per heavy atom. The Morgan fingerprint density at radius 1 is 0.875 bits per heavy atom. The minimum Gasteiger partial charge on any atom is -0.469 e. The number of aromatic nitrogens is 1. The second kappa shape index (κ2) is 15.7. The van der Waals surface area contributed by atoms with Crippen LogP contribution in [0.1, 0.15) is 36.5 Å². The van der Waals surface area contributed by atoms with E-state index < -0.39 is 14.9 Å². The summed E-state index contributed by atoms with van der Waals surface area (Å²) in [6.45, 7) is 3.55. The van der Waals surface area contributed by atoms with Crippen LogP contribution in [0.25, 0.3) is 11.3 Å². The number of carbonyl (C=O) groups excluding carboxylic acids is 1. The van der Waals surface area contributed by atoms with Gasteiger partial charge in [0.15, 0.2) is 10.0 Å². The molecule has 10 nitrogen and oxygen atoms in total. The Bertz CT molecular complexity index is 1950. The van der Waals surface area contributed by atoms with E-state index in [0.717, 1.165) is 46.0 Å². The zero-order chi connectivity index (χ0) is 34.1. The van der Waals surface area contributed by atoms with Crippen LogP contribution < -0.4 is 9.21 Å². The van der Waals surface area contributed by atoms with Gasteiger partial charge < -0.3 is 9.64 Å².